The van der Waals surface area contributed by atoms with Crippen molar-refractivity contribution in [2.45, 2.75) is 231 Å². The molecule has 17 N–H and O–H groups in total. The molecule has 27 heteroatoms. The molecule has 4 saturated heterocycles. The molecule has 4 heterocycles. The van der Waals surface area contributed by atoms with Crippen LogP contribution in [0.15, 0.2) is 12.2 Å². The van der Waals surface area contributed by atoms with Crippen LogP contribution in [0, 0.1) is 34.5 Å². The first kappa shape index (κ1) is 62.3. The lowest BCUT2D eigenvalue weighted by Crippen LogP contribution is -2.67. The van der Waals surface area contributed by atoms with Gasteiger partial charge in [0.05, 0.1) is 50.2 Å². The minimum absolute atomic E-state index is 0.0179. The normalized spacial score (nSPS) is 52.3. The third kappa shape index (κ3) is 11.8. The number of hydrogen-bond acceptors (Lipinski definition) is 27. The fourth-order valence-corrected chi connectivity index (χ4v) is 14.1. The van der Waals surface area contributed by atoms with Crippen molar-refractivity contribution in [3.8, 4) is 0 Å². The molecule has 0 spiro atoms. The van der Waals surface area contributed by atoms with E-state index in [0.717, 1.165) is 0 Å². The molecule has 0 aromatic carbocycles. The van der Waals surface area contributed by atoms with Gasteiger partial charge in [-0.15, -0.1) is 0 Å². The second-order valence-corrected chi connectivity index (χ2v) is 23.4. The highest BCUT2D eigenvalue weighted by molar-refractivity contribution is 5.77. The van der Waals surface area contributed by atoms with E-state index >= 15 is 4.79 Å². The maximum atomic E-state index is 15.2. The Bertz CT molecular complexity index is 1970. The van der Waals surface area contributed by atoms with Crippen LogP contribution in [-0.4, -0.2) is 279 Å². The summed E-state index contributed by atoms with van der Waals surface area (Å²) in [4.78, 5) is 15.2. The second kappa shape index (κ2) is 25.6. The summed E-state index contributed by atoms with van der Waals surface area (Å²) in [5, 5.41) is 181. The molecule has 4 saturated carbocycles. The van der Waals surface area contributed by atoms with E-state index in [9.17, 15) is 86.8 Å². The third-order valence-corrected chi connectivity index (χ3v) is 18.8. The minimum atomic E-state index is -2.00. The zero-order chi connectivity index (χ0) is 56.9. The lowest BCUT2D eigenvalue weighted by atomic mass is 9.45. The van der Waals surface area contributed by atoms with Gasteiger partial charge in [0.25, 0.3) is 0 Å². The largest absolute Gasteiger partial charge is 0.432 e. The van der Waals surface area contributed by atoms with Crippen LogP contribution in [0.3, 0.4) is 0 Å². The van der Waals surface area contributed by atoms with Crippen molar-refractivity contribution in [1.82, 2.24) is 0 Å². The molecule has 0 aromatic rings. The Hall–Kier alpha value is -1.79. The number of hydrogen-bond donors (Lipinski definition) is 17. The maximum Gasteiger partial charge on any atom is 0.314 e. The SMILES string of the molecule is C=C1CCC2CCC3[C@](C)(C(=O)OC4OC(CO)C(O)C(OC5OC(CO)C(O)C(O)C5O)C4OC4CC(CO)C(O)C(O)C4O)CCC[C@@]3(C)[C@@H]2CCC1OC1OC(CO)C(O)C(OC2OC(CO)C(O)C(O)C2O)C1O. The van der Waals surface area contributed by atoms with E-state index in [1.165, 1.54) is 0 Å². The number of aliphatic hydroxyl groups is 17. The first-order chi connectivity index (χ1) is 37.0. The third-order valence-electron chi connectivity index (χ3n) is 18.8. The van der Waals surface area contributed by atoms with Gasteiger partial charge in [0.1, 0.15) is 110 Å². The summed E-state index contributed by atoms with van der Waals surface area (Å²) in [5.74, 6) is -1.95. The second-order valence-electron chi connectivity index (χ2n) is 23.4. The molecule has 78 heavy (non-hydrogen) atoms. The molecule has 4 aliphatic carbocycles. The van der Waals surface area contributed by atoms with Gasteiger partial charge in [0.2, 0.25) is 6.29 Å². The first-order valence-corrected chi connectivity index (χ1v) is 27.3. The van der Waals surface area contributed by atoms with Crippen LogP contribution < -0.4 is 0 Å². The zero-order valence-electron chi connectivity index (χ0n) is 43.7. The van der Waals surface area contributed by atoms with Crippen molar-refractivity contribution in [1.29, 1.82) is 0 Å². The Morgan fingerprint density at radius 2 is 1.03 bits per heavy atom. The Morgan fingerprint density at radius 3 is 1.59 bits per heavy atom. The highest BCUT2D eigenvalue weighted by atomic mass is 16.8. The quantitative estimate of drug-likeness (QED) is 0.0536. The van der Waals surface area contributed by atoms with E-state index in [1.807, 2.05) is 0 Å². The Balaban J connectivity index is 1.01. The minimum Gasteiger partial charge on any atom is -0.432 e. The van der Waals surface area contributed by atoms with Crippen LogP contribution in [0.4, 0.5) is 0 Å². The highest BCUT2D eigenvalue weighted by Gasteiger charge is 2.62. The predicted molar refractivity (Wildman–Crippen MR) is 257 cm³/mol. The van der Waals surface area contributed by atoms with Crippen LogP contribution in [0.5, 0.6) is 0 Å². The Labute approximate surface area is 450 Å². The summed E-state index contributed by atoms with van der Waals surface area (Å²) in [6.07, 6.45) is -37.1. The van der Waals surface area contributed by atoms with Gasteiger partial charge in [-0.25, -0.2) is 0 Å². The number of fused-ring (bicyclic) bond motifs is 3. The summed E-state index contributed by atoms with van der Waals surface area (Å²) in [5.41, 5.74) is -1.05. The summed E-state index contributed by atoms with van der Waals surface area (Å²) < 4.78 is 54.0. The number of rotatable bonds is 15. The Kier molecular flexibility index (Phi) is 20.4. The molecule has 8 rings (SSSR count). The zero-order valence-corrected chi connectivity index (χ0v) is 43.7. The van der Waals surface area contributed by atoms with Gasteiger partial charge >= 0.3 is 5.97 Å². The van der Waals surface area contributed by atoms with Gasteiger partial charge < -0.3 is 129 Å². The number of ether oxygens (including phenoxy) is 9. The van der Waals surface area contributed by atoms with E-state index in [1.54, 1.807) is 6.92 Å². The molecule has 0 amide bonds. The molecule has 450 valence electrons. The number of carbonyl (C=O) groups is 1. The van der Waals surface area contributed by atoms with E-state index in [4.69, 9.17) is 42.6 Å². The maximum absolute atomic E-state index is 15.2. The van der Waals surface area contributed by atoms with Crippen molar-refractivity contribution < 1.29 is 134 Å². The van der Waals surface area contributed by atoms with E-state index in [0.29, 0.717) is 63.4 Å². The van der Waals surface area contributed by atoms with Crippen molar-refractivity contribution in [2.75, 3.05) is 33.0 Å². The average molecular weight is 1130 g/mol. The Morgan fingerprint density at radius 1 is 0.513 bits per heavy atom. The van der Waals surface area contributed by atoms with E-state index in [2.05, 4.69) is 13.5 Å². The first-order valence-electron chi connectivity index (χ1n) is 27.3. The van der Waals surface area contributed by atoms with E-state index in [-0.39, 0.29) is 24.2 Å². The van der Waals surface area contributed by atoms with Crippen LogP contribution in [-0.2, 0) is 47.4 Å². The van der Waals surface area contributed by atoms with Crippen LogP contribution >= 0.6 is 0 Å². The molecule has 0 aromatic heterocycles. The molecule has 28 unspecified atom stereocenters. The molecule has 27 nitrogen and oxygen atoms in total. The van der Waals surface area contributed by atoms with Crippen LogP contribution in [0.2, 0.25) is 0 Å². The fraction of sp³-hybridized carbons (Fsp3) is 0.941. The standard InChI is InChI=1S/C51H84O27/c1-19-5-6-20-7-10-29-50(2,22(20)8-9-23(19)71-47-41(68)42(34(61)27(17-55)74-47)76-45-39(66)37(64)32(59)25(15-53)72-45)11-4-12-51(29,3)49(69)78-48-44(70-24-13-21(14-52)30(57)36(63)31(24)58)43(35(62)28(18-56)75-48)77-46-40(67)38(65)33(60)26(16-54)73-46/h20-48,52-68H,1,4-18H2,2-3H3/t20?,21?,22-,23?,24?,25?,26?,27?,28?,29?,30?,31?,32?,33?,34?,35?,36?,37?,38?,39?,40?,41?,42?,43?,44?,45?,46?,47?,48?,50+,51-/m1/s1. The van der Waals surface area contributed by atoms with Gasteiger partial charge in [-0.3, -0.25) is 4.79 Å². The molecule has 8 fully saturated rings. The number of aliphatic hydroxyl groups excluding tert-OH is 17. The summed E-state index contributed by atoms with van der Waals surface area (Å²) in [7, 11) is 0. The van der Waals surface area contributed by atoms with Crippen LogP contribution in [0.25, 0.3) is 0 Å². The van der Waals surface area contributed by atoms with Crippen LogP contribution in [0.1, 0.15) is 78.1 Å². The monoisotopic (exact) mass is 1130 g/mol. The average Bonchev–Trinajstić information content (AvgIpc) is 3.55. The smallest absolute Gasteiger partial charge is 0.314 e. The molecule has 8 aliphatic rings. The fourth-order valence-electron chi connectivity index (χ4n) is 14.1. The van der Waals surface area contributed by atoms with Gasteiger partial charge in [-0.05, 0) is 93.5 Å². The lowest BCUT2D eigenvalue weighted by Gasteiger charge is -2.60. The topological polar surface area (TPSA) is 444 Å². The highest BCUT2D eigenvalue weighted by Crippen LogP contribution is 2.64. The van der Waals surface area contributed by atoms with Crippen molar-refractivity contribution in [3.63, 3.8) is 0 Å². The molecule has 0 bridgehead atoms. The molecule has 4 aliphatic heterocycles. The molecular weight excluding hydrogens is 1040 g/mol. The van der Waals surface area contributed by atoms with Crippen molar-refractivity contribution >= 4 is 5.97 Å². The predicted octanol–water partition coefficient (Wildman–Crippen LogP) is -6.38. The van der Waals surface area contributed by atoms with Crippen molar-refractivity contribution in [2.24, 2.45) is 34.5 Å². The van der Waals surface area contributed by atoms with E-state index < -0.39 is 209 Å². The van der Waals surface area contributed by atoms with Crippen molar-refractivity contribution in [3.05, 3.63) is 12.2 Å². The summed E-state index contributed by atoms with van der Waals surface area (Å²) in [6.45, 7) is 4.38. The summed E-state index contributed by atoms with van der Waals surface area (Å²) >= 11 is 0. The summed E-state index contributed by atoms with van der Waals surface area (Å²) in [6, 6.07) is 0. The molecule has 0 radical (unpaired) electrons. The van der Waals surface area contributed by atoms with Gasteiger partial charge in [-0.1, -0.05) is 19.9 Å². The molecular formula is C51H84O27. The number of esters is 1. The van der Waals surface area contributed by atoms with Gasteiger partial charge in [-0.2, -0.15) is 0 Å². The lowest BCUT2D eigenvalue weighted by molar-refractivity contribution is -0.368. The number of carbonyl (C=O) groups excluding carboxylic acids is 1. The molecule has 31 atom stereocenters. The van der Waals surface area contributed by atoms with Gasteiger partial charge in [0.15, 0.2) is 18.9 Å². The van der Waals surface area contributed by atoms with Gasteiger partial charge in [0, 0.05) is 12.5 Å².